The van der Waals surface area contributed by atoms with E-state index in [2.05, 4.69) is 78.2 Å². The van der Waals surface area contributed by atoms with Gasteiger partial charge in [-0.25, -0.2) is 0 Å². The van der Waals surface area contributed by atoms with Gasteiger partial charge in [-0.2, -0.15) is 0 Å². The van der Waals surface area contributed by atoms with E-state index in [0.717, 1.165) is 4.44 Å². The SMILES string of the molecule is NNC(=O)C[CH2][Sn]([c]1ccccc1)([c]1ccccc1)[c]1ccccc1. The predicted octanol–water partition coefficient (Wildman–Crippen LogP) is 1.54. The van der Waals surface area contributed by atoms with Crippen molar-refractivity contribution >= 4 is 35.0 Å². The molecule has 0 spiro atoms. The van der Waals surface area contributed by atoms with Gasteiger partial charge in [0.1, 0.15) is 0 Å². The van der Waals surface area contributed by atoms with Gasteiger partial charge < -0.3 is 0 Å². The third-order valence-electron chi connectivity index (χ3n) is 4.69. The summed E-state index contributed by atoms with van der Waals surface area (Å²) < 4.78 is 4.97. The Hall–Kier alpha value is -2.11. The van der Waals surface area contributed by atoms with Crippen LogP contribution in [0.2, 0.25) is 4.44 Å². The molecular weight excluding hydrogens is 415 g/mol. The fraction of sp³-hybridized carbons (Fsp3) is 0.0952. The summed E-state index contributed by atoms with van der Waals surface area (Å²) in [7, 11) is 0. The van der Waals surface area contributed by atoms with Crippen LogP contribution in [0.1, 0.15) is 6.42 Å². The van der Waals surface area contributed by atoms with Crippen LogP contribution in [0, 0.1) is 0 Å². The first kappa shape index (κ1) is 17.7. The van der Waals surface area contributed by atoms with Crippen LogP contribution >= 0.6 is 0 Å². The molecule has 3 nitrogen and oxygen atoms in total. The van der Waals surface area contributed by atoms with Crippen LogP contribution in [-0.2, 0) is 4.79 Å². The molecule has 0 aromatic heterocycles. The van der Waals surface area contributed by atoms with Gasteiger partial charge in [0.25, 0.3) is 0 Å². The van der Waals surface area contributed by atoms with Gasteiger partial charge >= 0.3 is 153 Å². The second kappa shape index (κ2) is 8.32. The van der Waals surface area contributed by atoms with E-state index in [4.69, 9.17) is 5.84 Å². The average molecular weight is 437 g/mol. The van der Waals surface area contributed by atoms with Crippen LogP contribution in [0.5, 0.6) is 0 Å². The Balaban J connectivity index is 2.22. The van der Waals surface area contributed by atoms with Gasteiger partial charge in [0.2, 0.25) is 0 Å². The quantitative estimate of drug-likeness (QED) is 0.266. The molecule has 126 valence electrons. The fourth-order valence-corrected chi connectivity index (χ4v) is 17.0. The van der Waals surface area contributed by atoms with Crippen LogP contribution in [0.4, 0.5) is 0 Å². The molecule has 0 aliphatic carbocycles. The number of carbonyl (C=O) groups excluding carboxylic acids is 1. The van der Waals surface area contributed by atoms with Gasteiger partial charge in [-0.05, 0) is 0 Å². The van der Waals surface area contributed by atoms with Crippen molar-refractivity contribution in [3.63, 3.8) is 0 Å². The van der Waals surface area contributed by atoms with E-state index in [9.17, 15) is 4.79 Å². The Labute approximate surface area is 152 Å². The number of hydrazine groups is 1. The topological polar surface area (TPSA) is 55.1 Å². The predicted molar refractivity (Wildman–Crippen MR) is 106 cm³/mol. The number of benzene rings is 3. The van der Waals surface area contributed by atoms with E-state index in [-0.39, 0.29) is 5.91 Å². The van der Waals surface area contributed by atoms with Crippen molar-refractivity contribution in [1.29, 1.82) is 0 Å². The third-order valence-corrected chi connectivity index (χ3v) is 18.8. The first-order chi connectivity index (χ1) is 12.3. The number of nitrogens with two attached hydrogens (primary N) is 1. The fourth-order valence-electron chi connectivity index (χ4n) is 3.47. The maximum absolute atomic E-state index is 11.9. The number of hydrogen-bond acceptors (Lipinski definition) is 2. The van der Waals surface area contributed by atoms with Crippen LogP contribution in [0.25, 0.3) is 0 Å². The van der Waals surface area contributed by atoms with Crippen molar-refractivity contribution in [1.82, 2.24) is 5.43 Å². The Kier molecular flexibility index (Phi) is 5.89. The second-order valence-corrected chi connectivity index (χ2v) is 17.6. The Morgan fingerprint density at radius 3 is 1.40 bits per heavy atom. The maximum atomic E-state index is 11.9. The standard InChI is InChI=1S/3C6H5.C3H7N2O.Sn/c3*1-2-4-6-5-3-1;1-2-3(6)5-4;/h3*1-5H;1-2,4H2,(H,5,6);. The normalized spacial score (nSPS) is 11.1. The molecule has 0 unspecified atom stereocenters. The molecular formula is C21H22N2OSn. The molecule has 0 atom stereocenters. The van der Waals surface area contributed by atoms with Crippen LogP contribution in [-0.4, -0.2) is 24.3 Å². The van der Waals surface area contributed by atoms with Crippen LogP contribution < -0.4 is 22.0 Å². The van der Waals surface area contributed by atoms with E-state index in [0.29, 0.717) is 6.42 Å². The van der Waals surface area contributed by atoms with E-state index >= 15 is 0 Å². The van der Waals surface area contributed by atoms with Gasteiger partial charge in [-0.15, -0.1) is 0 Å². The molecule has 3 aromatic carbocycles. The molecule has 0 saturated heterocycles. The van der Waals surface area contributed by atoms with Crippen molar-refractivity contribution in [3.05, 3.63) is 91.0 Å². The summed E-state index contributed by atoms with van der Waals surface area (Å²) in [5.74, 6) is 5.23. The zero-order valence-electron chi connectivity index (χ0n) is 14.1. The van der Waals surface area contributed by atoms with E-state index < -0.39 is 18.4 Å². The summed E-state index contributed by atoms with van der Waals surface area (Å²) >= 11 is -3.30. The monoisotopic (exact) mass is 438 g/mol. The Bertz CT molecular complexity index is 710. The minimum absolute atomic E-state index is 0.108. The second-order valence-electron chi connectivity index (χ2n) is 6.07. The van der Waals surface area contributed by atoms with Crippen LogP contribution in [0.15, 0.2) is 91.0 Å². The van der Waals surface area contributed by atoms with E-state index in [1.165, 1.54) is 10.7 Å². The zero-order chi connectivity index (χ0) is 17.5. The summed E-state index contributed by atoms with van der Waals surface area (Å²) in [6, 6.07) is 32.0. The molecule has 0 bridgehead atoms. The third kappa shape index (κ3) is 3.78. The molecule has 3 rings (SSSR count). The van der Waals surface area contributed by atoms with Gasteiger partial charge in [0, 0.05) is 0 Å². The number of rotatable bonds is 6. The number of hydrogen-bond donors (Lipinski definition) is 2. The molecule has 0 aliphatic heterocycles. The Morgan fingerprint density at radius 2 is 1.08 bits per heavy atom. The molecule has 25 heavy (non-hydrogen) atoms. The molecule has 3 aromatic rings. The number of amides is 1. The molecule has 3 N–H and O–H groups in total. The molecule has 0 radical (unpaired) electrons. The minimum atomic E-state index is -3.30. The zero-order valence-corrected chi connectivity index (χ0v) is 16.9. The van der Waals surface area contributed by atoms with Gasteiger partial charge in [-0.1, -0.05) is 0 Å². The summed E-state index contributed by atoms with van der Waals surface area (Å²) in [4.78, 5) is 11.9. The number of carbonyl (C=O) groups is 1. The van der Waals surface area contributed by atoms with Crippen molar-refractivity contribution in [3.8, 4) is 0 Å². The molecule has 0 fully saturated rings. The van der Waals surface area contributed by atoms with Gasteiger partial charge in [-0.3, -0.25) is 0 Å². The summed E-state index contributed by atoms with van der Waals surface area (Å²) in [6.07, 6.45) is 0.436. The molecule has 0 aliphatic rings. The summed E-state index contributed by atoms with van der Waals surface area (Å²) in [5, 5.41) is 0. The molecule has 0 saturated carbocycles. The molecule has 1 amide bonds. The van der Waals surface area contributed by atoms with Crippen molar-refractivity contribution in [2.45, 2.75) is 10.9 Å². The average Bonchev–Trinajstić information content (AvgIpc) is 2.71. The first-order valence-electron chi connectivity index (χ1n) is 8.43. The van der Waals surface area contributed by atoms with E-state index in [1.54, 1.807) is 0 Å². The van der Waals surface area contributed by atoms with Crippen molar-refractivity contribution in [2.75, 3.05) is 0 Å². The van der Waals surface area contributed by atoms with Gasteiger partial charge in [0.05, 0.1) is 0 Å². The summed E-state index contributed by atoms with van der Waals surface area (Å²) in [6.45, 7) is 0. The molecule has 0 heterocycles. The van der Waals surface area contributed by atoms with E-state index in [1.807, 2.05) is 18.2 Å². The van der Waals surface area contributed by atoms with Crippen molar-refractivity contribution < 1.29 is 4.79 Å². The molecule has 4 heteroatoms. The summed E-state index contributed by atoms with van der Waals surface area (Å²) in [5.41, 5.74) is 2.29. The first-order valence-corrected chi connectivity index (χ1v) is 14.7. The van der Waals surface area contributed by atoms with Gasteiger partial charge in [0.15, 0.2) is 0 Å². The van der Waals surface area contributed by atoms with Crippen molar-refractivity contribution in [2.24, 2.45) is 5.84 Å². The van der Waals surface area contributed by atoms with Crippen LogP contribution in [0.3, 0.4) is 0 Å². The Morgan fingerprint density at radius 1 is 0.720 bits per heavy atom. The number of nitrogens with one attached hydrogen (secondary N) is 1.